The fraction of sp³-hybridized carbons (Fsp3) is 0.312. The molecule has 1 aromatic carbocycles. The Kier molecular flexibility index (Phi) is 5.23. The van der Waals surface area contributed by atoms with Gasteiger partial charge in [-0.2, -0.15) is 4.31 Å². The molecule has 0 radical (unpaired) electrons. The van der Waals surface area contributed by atoms with Crippen molar-refractivity contribution in [2.24, 2.45) is 0 Å². The van der Waals surface area contributed by atoms with Gasteiger partial charge in [0.05, 0.1) is 11.4 Å². The van der Waals surface area contributed by atoms with Crippen LogP contribution in [0.1, 0.15) is 24.0 Å². The van der Waals surface area contributed by atoms with E-state index >= 15 is 0 Å². The van der Waals surface area contributed by atoms with Gasteiger partial charge in [0.2, 0.25) is 15.9 Å². The highest BCUT2D eigenvalue weighted by atomic mass is 32.2. The van der Waals surface area contributed by atoms with E-state index < -0.39 is 10.0 Å². The standard InChI is InChI=1S/C16H20N2O4S/c1-12-4-7-15(22-12)11-18(3)23(20,21)16-8-5-14(6-9-16)10-17-13(2)19/h4-9H,10-11H2,1-3H3,(H,17,19). The van der Waals surface area contributed by atoms with Crippen LogP contribution >= 0.6 is 0 Å². The number of carbonyl (C=O) groups excluding carboxylic acids is 1. The zero-order chi connectivity index (χ0) is 17.0. The Morgan fingerprint density at radius 3 is 2.35 bits per heavy atom. The maximum atomic E-state index is 12.5. The maximum Gasteiger partial charge on any atom is 0.243 e. The largest absolute Gasteiger partial charge is 0.465 e. The van der Waals surface area contributed by atoms with Gasteiger partial charge in [0.25, 0.3) is 0 Å². The molecule has 2 aromatic rings. The summed E-state index contributed by atoms with van der Waals surface area (Å²) in [6, 6.07) is 10.0. The van der Waals surface area contributed by atoms with Crippen molar-refractivity contribution in [3.05, 3.63) is 53.5 Å². The number of sulfonamides is 1. The monoisotopic (exact) mass is 336 g/mol. The zero-order valence-electron chi connectivity index (χ0n) is 13.4. The van der Waals surface area contributed by atoms with Gasteiger partial charge >= 0.3 is 0 Å². The van der Waals surface area contributed by atoms with Crippen LogP contribution in [0.4, 0.5) is 0 Å². The first kappa shape index (κ1) is 17.2. The number of hydrogen-bond acceptors (Lipinski definition) is 4. The van der Waals surface area contributed by atoms with E-state index in [1.54, 1.807) is 24.3 Å². The lowest BCUT2D eigenvalue weighted by Crippen LogP contribution is -2.26. The molecular weight excluding hydrogens is 316 g/mol. The molecule has 0 unspecified atom stereocenters. The van der Waals surface area contributed by atoms with E-state index in [-0.39, 0.29) is 17.3 Å². The average Bonchev–Trinajstić information content (AvgIpc) is 2.90. The SMILES string of the molecule is CC(=O)NCc1ccc(S(=O)(=O)N(C)Cc2ccc(C)o2)cc1. The van der Waals surface area contributed by atoms with Crippen molar-refractivity contribution < 1.29 is 17.6 Å². The molecule has 0 aliphatic heterocycles. The lowest BCUT2D eigenvalue weighted by Gasteiger charge is -2.16. The Morgan fingerprint density at radius 2 is 1.83 bits per heavy atom. The fourth-order valence-electron chi connectivity index (χ4n) is 2.06. The molecule has 124 valence electrons. The van der Waals surface area contributed by atoms with E-state index in [1.165, 1.54) is 30.4 Å². The average molecular weight is 336 g/mol. The van der Waals surface area contributed by atoms with E-state index in [0.717, 1.165) is 11.3 Å². The molecule has 1 aromatic heterocycles. The van der Waals surface area contributed by atoms with Crippen molar-refractivity contribution in [3.8, 4) is 0 Å². The third kappa shape index (κ3) is 4.43. The summed E-state index contributed by atoms with van der Waals surface area (Å²) < 4.78 is 31.7. The number of amides is 1. The van der Waals surface area contributed by atoms with E-state index in [2.05, 4.69) is 5.32 Å². The molecule has 1 heterocycles. The second-order valence-corrected chi connectivity index (χ2v) is 7.37. The van der Waals surface area contributed by atoms with E-state index in [4.69, 9.17) is 4.42 Å². The lowest BCUT2D eigenvalue weighted by molar-refractivity contribution is -0.119. The zero-order valence-corrected chi connectivity index (χ0v) is 14.2. The molecule has 7 heteroatoms. The van der Waals surface area contributed by atoms with Crippen LogP contribution in [0.15, 0.2) is 45.7 Å². The minimum absolute atomic E-state index is 0.129. The maximum absolute atomic E-state index is 12.5. The number of hydrogen-bond donors (Lipinski definition) is 1. The Hall–Kier alpha value is -2.12. The Labute approximate surface area is 136 Å². The Balaban J connectivity index is 2.10. The summed E-state index contributed by atoms with van der Waals surface area (Å²) in [4.78, 5) is 11.1. The summed E-state index contributed by atoms with van der Waals surface area (Å²) in [5.41, 5.74) is 0.837. The number of nitrogens with one attached hydrogen (secondary N) is 1. The van der Waals surface area contributed by atoms with Crippen LogP contribution in [0, 0.1) is 6.92 Å². The van der Waals surface area contributed by atoms with Gasteiger partial charge in [-0.1, -0.05) is 12.1 Å². The molecule has 0 fully saturated rings. The first-order chi connectivity index (χ1) is 10.8. The molecule has 23 heavy (non-hydrogen) atoms. The second kappa shape index (κ2) is 6.97. The molecule has 1 amide bonds. The van der Waals surface area contributed by atoms with Crippen LogP contribution in [0.25, 0.3) is 0 Å². The van der Waals surface area contributed by atoms with Crippen molar-refractivity contribution in [2.45, 2.75) is 31.8 Å². The molecular formula is C16H20N2O4S. The summed E-state index contributed by atoms with van der Waals surface area (Å²) in [5.74, 6) is 1.21. The predicted molar refractivity (Wildman–Crippen MR) is 86.1 cm³/mol. The van der Waals surface area contributed by atoms with Crippen LogP contribution in [0.3, 0.4) is 0 Å². The molecule has 1 N–H and O–H groups in total. The smallest absolute Gasteiger partial charge is 0.243 e. The van der Waals surface area contributed by atoms with Gasteiger partial charge in [-0.3, -0.25) is 4.79 Å². The van der Waals surface area contributed by atoms with E-state index in [1.807, 2.05) is 6.92 Å². The fourth-order valence-corrected chi connectivity index (χ4v) is 3.20. The summed E-state index contributed by atoms with van der Waals surface area (Å²) in [7, 11) is -2.08. The summed E-state index contributed by atoms with van der Waals surface area (Å²) in [6.07, 6.45) is 0. The Bertz CT molecular complexity index is 779. The number of furan rings is 1. The normalized spacial score (nSPS) is 11.7. The molecule has 6 nitrogen and oxygen atoms in total. The number of carbonyl (C=O) groups is 1. The van der Waals surface area contributed by atoms with Crippen LogP contribution in [0.2, 0.25) is 0 Å². The third-order valence-electron chi connectivity index (χ3n) is 3.35. The molecule has 0 aliphatic carbocycles. The lowest BCUT2D eigenvalue weighted by atomic mass is 10.2. The minimum Gasteiger partial charge on any atom is -0.465 e. The first-order valence-electron chi connectivity index (χ1n) is 7.14. The van der Waals surface area contributed by atoms with Crippen LogP contribution < -0.4 is 5.32 Å². The van der Waals surface area contributed by atoms with Crippen molar-refractivity contribution in [1.82, 2.24) is 9.62 Å². The van der Waals surface area contributed by atoms with Gasteiger partial charge in [0, 0.05) is 20.5 Å². The summed E-state index contributed by atoms with van der Waals surface area (Å²) >= 11 is 0. The van der Waals surface area contributed by atoms with Crippen LogP contribution in [-0.4, -0.2) is 25.7 Å². The van der Waals surface area contributed by atoms with Gasteiger partial charge in [0.1, 0.15) is 11.5 Å². The first-order valence-corrected chi connectivity index (χ1v) is 8.58. The molecule has 0 spiro atoms. The van der Waals surface area contributed by atoms with Gasteiger partial charge in [-0.05, 0) is 36.8 Å². The van der Waals surface area contributed by atoms with Crippen LogP contribution in [0.5, 0.6) is 0 Å². The number of nitrogens with zero attached hydrogens (tertiary/aromatic N) is 1. The number of aryl methyl sites for hydroxylation is 1. The van der Waals surface area contributed by atoms with Crippen molar-refractivity contribution >= 4 is 15.9 Å². The third-order valence-corrected chi connectivity index (χ3v) is 5.17. The molecule has 0 aliphatic rings. The summed E-state index contributed by atoms with van der Waals surface area (Å²) in [6.45, 7) is 3.79. The number of benzene rings is 1. The molecule has 0 bridgehead atoms. The van der Waals surface area contributed by atoms with E-state index in [9.17, 15) is 13.2 Å². The van der Waals surface area contributed by atoms with Gasteiger partial charge in [-0.15, -0.1) is 0 Å². The van der Waals surface area contributed by atoms with Gasteiger partial charge in [0.15, 0.2) is 0 Å². The topological polar surface area (TPSA) is 79.6 Å². The van der Waals surface area contributed by atoms with Crippen molar-refractivity contribution in [1.29, 1.82) is 0 Å². The van der Waals surface area contributed by atoms with Gasteiger partial charge < -0.3 is 9.73 Å². The highest BCUT2D eigenvalue weighted by molar-refractivity contribution is 7.89. The molecule has 0 saturated carbocycles. The van der Waals surface area contributed by atoms with E-state index in [0.29, 0.717) is 12.3 Å². The highest BCUT2D eigenvalue weighted by Crippen LogP contribution is 2.18. The minimum atomic E-state index is -3.59. The van der Waals surface area contributed by atoms with Crippen LogP contribution in [-0.2, 0) is 27.9 Å². The highest BCUT2D eigenvalue weighted by Gasteiger charge is 2.21. The molecule has 0 saturated heterocycles. The van der Waals surface area contributed by atoms with Crippen molar-refractivity contribution in [2.75, 3.05) is 7.05 Å². The molecule has 0 atom stereocenters. The Morgan fingerprint density at radius 1 is 1.17 bits per heavy atom. The van der Waals surface area contributed by atoms with Crippen molar-refractivity contribution in [3.63, 3.8) is 0 Å². The summed E-state index contributed by atoms with van der Waals surface area (Å²) in [5, 5.41) is 2.67. The second-order valence-electron chi connectivity index (χ2n) is 5.33. The van der Waals surface area contributed by atoms with Gasteiger partial charge in [-0.25, -0.2) is 8.42 Å². The number of rotatable bonds is 6. The predicted octanol–water partition coefficient (Wildman–Crippen LogP) is 2.04. The molecule has 2 rings (SSSR count). The quantitative estimate of drug-likeness (QED) is 0.875.